The summed E-state index contributed by atoms with van der Waals surface area (Å²) in [6, 6.07) is 4.79. The van der Waals surface area contributed by atoms with Crippen LogP contribution in [-0.2, 0) is 14.8 Å². The second-order valence-electron chi connectivity index (χ2n) is 6.53. The van der Waals surface area contributed by atoms with Gasteiger partial charge in [-0.05, 0) is 24.5 Å². The van der Waals surface area contributed by atoms with Crippen molar-refractivity contribution >= 4 is 21.6 Å². The zero-order valence-electron chi connectivity index (χ0n) is 16.9. The Morgan fingerprint density at radius 2 is 1.93 bits per heavy atom. The molecule has 0 spiro atoms. The fourth-order valence-corrected chi connectivity index (χ4v) is 3.62. The Hall–Kier alpha value is -1.96. The van der Waals surface area contributed by atoms with Crippen LogP contribution in [-0.4, -0.2) is 47.9 Å². The molecule has 7 nitrogen and oxygen atoms in total. The maximum atomic E-state index is 12.4. The molecule has 1 atom stereocenters. The van der Waals surface area contributed by atoms with Crippen molar-refractivity contribution in [1.82, 2.24) is 5.32 Å². The maximum Gasteiger partial charge on any atom is 0.240 e. The molecule has 1 aromatic carbocycles. The quantitative estimate of drug-likeness (QED) is 0.583. The number of sulfonamides is 1. The predicted octanol–water partition coefficient (Wildman–Crippen LogP) is 2.80. The van der Waals surface area contributed by atoms with Crippen molar-refractivity contribution in [2.75, 3.05) is 37.9 Å². The zero-order valence-corrected chi connectivity index (χ0v) is 17.8. The van der Waals surface area contributed by atoms with Gasteiger partial charge in [0.05, 0.1) is 26.2 Å². The molecule has 1 aromatic rings. The SMILES string of the molecule is CCCC[C@H](CC)CNC(=O)CN(c1ccc(OC)cc1OC)S(C)(=O)=O. The van der Waals surface area contributed by atoms with E-state index in [0.717, 1.165) is 36.2 Å². The largest absolute Gasteiger partial charge is 0.497 e. The van der Waals surface area contributed by atoms with Crippen LogP contribution in [0.1, 0.15) is 39.5 Å². The minimum atomic E-state index is -3.67. The smallest absolute Gasteiger partial charge is 0.240 e. The summed E-state index contributed by atoms with van der Waals surface area (Å²) in [4.78, 5) is 12.4. The molecule has 0 aromatic heterocycles. The molecule has 27 heavy (non-hydrogen) atoms. The number of ether oxygens (including phenoxy) is 2. The molecule has 0 fully saturated rings. The monoisotopic (exact) mass is 400 g/mol. The van der Waals surface area contributed by atoms with Crippen LogP contribution in [0.2, 0.25) is 0 Å². The Morgan fingerprint density at radius 3 is 2.44 bits per heavy atom. The normalized spacial score (nSPS) is 12.3. The molecule has 0 saturated heterocycles. The number of carbonyl (C=O) groups excluding carboxylic acids is 1. The number of nitrogens with zero attached hydrogens (tertiary/aromatic N) is 1. The lowest BCUT2D eigenvalue weighted by Crippen LogP contribution is -2.41. The minimum absolute atomic E-state index is 0.300. The molecule has 1 amide bonds. The van der Waals surface area contributed by atoms with E-state index < -0.39 is 10.0 Å². The van der Waals surface area contributed by atoms with Crippen molar-refractivity contribution in [3.05, 3.63) is 18.2 Å². The second-order valence-corrected chi connectivity index (χ2v) is 8.43. The van der Waals surface area contributed by atoms with Gasteiger partial charge >= 0.3 is 0 Å². The Labute approximate surface area is 163 Å². The molecular weight excluding hydrogens is 368 g/mol. The second kappa shape index (κ2) is 11.0. The van der Waals surface area contributed by atoms with Crippen LogP contribution in [0.4, 0.5) is 5.69 Å². The van der Waals surface area contributed by atoms with E-state index in [2.05, 4.69) is 19.2 Å². The molecule has 0 bridgehead atoms. The van der Waals surface area contributed by atoms with Crippen LogP contribution < -0.4 is 19.1 Å². The van der Waals surface area contributed by atoms with Crippen LogP contribution in [0.15, 0.2) is 18.2 Å². The van der Waals surface area contributed by atoms with Gasteiger partial charge in [-0.25, -0.2) is 8.42 Å². The number of carbonyl (C=O) groups is 1. The molecule has 0 radical (unpaired) electrons. The standard InChI is InChI=1S/C19H32N2O5S/c1-6-8-9-15(7-2)13-20-19(22)14-21(27(5,23)24)17-11-10-16(25-3)12-18(17)26-4/h10-12,15H,6-9,13-14H2,1-5H3,(H,20,22)/t15-/m0/s1. The Morgan fingerprint density at radius 1 is 1.22 bits per heavy atom. The minimum Gasteiger partial charge on any atom is -0.497 e. The summed E-state index contributed by atoms with van der Waals surface area (Å²) in [7, 11) is -0.716. The van der Waals surface area contributed by atoms with Gasteiger partial charge in [0.15, 0.2) is 0 Å². The van der Waals surface area contributed by atoms with E-state index in [1.54, 1.807) is 18.2 Å². The first-order valence-corrected chi connectivity index (χ1v) is 11.1. The van der Waals surface area contributed by atoms with Crippen molar-refractivity contribution in [3.8, 4) is 11.5 Å². The lowest BCUT2D eigenvalue weighted by Gasteiger charge is -2.24. The molecular formula is C19H32N2O5S. The highest BCUT2D eigenvalue weighted by Gasteiger charge is 2.24. The molecule has 0 saturated carbocycles. The molecule has 0 heterocycles. The molecule has 0 aliphatic carbocycles. The number of nitrogens with one attached hydrogen (secondary N) is 1. The van der Waals surface area contributed by atoms with Crippen LogP contribution in [0.25, 0.3) is 0 Å². The predicted molar refractivity (Wildman–Crippen MR) is 108 cm³/mol. The fraction of sp³-hybridized carbons (Fsp3) is 0.632. The van der Waals surface area contributed by atoms with E-state index in [4.69, 9.17) is 9.47 Å². The number of hydrogen-bond donors (Lipinski definition) is 1. The number of hydrogen-bond acceptors (Lipinski definition) is 5. The number of amides is 1. The Bertz CT molecular complexity index is 706. The van der Waals surface area contributed by atoms with E-state index in [1.165, 1.54) is 14.2 Å². The molecule has 0 unspecified atom stereocenters. The van der Waals surface area contributed by atoms with Crippen LogP contribution in [0.5, 0.6) is 11.5 Å². The molecule has 1 rings (SSSR count). The van der Waals surface area contributed by atoms with Gasteiger partial charge in [-0.1, -0.05) is 33.1 Å². The van der Waals surface area contributed by atoms with Gasteiger partial charge in [-0.3, -0.25) is 9.10 Å². The zero-order chi connectivity index (χ0) is 20.4. The van der Waals surface area contributed by atoms with Crippen LogP contribution in [0.3, 0.4) is 0 Å². The molecule has 1 N–H and O–H groups in total. The molecule has 0 aliphatic heterocycles. The van der Waals surface area contributed by atoms with E-state index in [-0.39, 0.29) is 12.5 Å². The maximum absolute atomic E-state index is 12.4. The summed E-state index contributed by atoms with van der Waals surface area (Å²) in [6.45, 7) is 4.48. The summed E-state index contributed by atoms with van der Waals surface area (Å²) < 4.78 is 36.0. The third-order valence-corrected chi connectivity index (χ3v) is 5.60. The van der Waals surface area contributed by atoms with E-state index in [0.29, 0.717) is 29.6 Å². The number of benzene rings is 1. The van der Waals surface area contributed by atoms with Gasteiger partial charge < -0.3 is 14.8 Å². The first kappa shape index (κ1) is 23.1. The molecule has 8 heteroatoms. The third kappa shape index (κ3) is 7.28. The third-order valence-electron chi connectivity index (χ3n) is 4.47. The highest BCUT2D eigenvalue weighted by atomic mass is 32.2. The van der Waals surface area contributed by atoms with Gasteiger partial charge in [-0.2, -0.15) is 0 Å². The number of rotatable bonds is 12. The van der Waals surface area contributed by atoms with E-state index in [1.807, 2.05) is 0 Å². The summed E-state index contributed by atoms with van der Waals surface area (Å²) in [5.41, 5.74) is 0.300. The van der Waals surface area contributed by atoms with Crippen LogP contribution >= 0.6 is 0 Å². The summed E-state index contributed by atoms with van der Waals surface area (Å²) >= 11 is 0. The fourth-order valence-electron chi connectivity index (χ4n) is 2.76. The van der Waals surface area contributed by atoms with Gasteiger partial charge in [0.25, 0.3) is 0 Å². The Balaban J connectivity index is 2.92. The Kier molecular flexibility index (Phi) is 9.41. The topological polar surface area (TPSA) is 84.9 Å². The van der Waals surface area contributed by atoms with Gasteiger partial charge in [0.1, 0.15) is 18.0 Å². The van der Waals surface area contributed by atoms with Gasteiger partial charge in [0.2, 0.25) is 15.9 Å². The number of anilines is 1. The summed E-state index contributed by atoms with van der Waals surface area (Å²) in [5.74, 6) is 0.918. The summed E-state index contributed by atoms with van der Waals surface area (Å²) in [6.07, 6.45) is 5.33. The van der Waals surface area contributed by atoms with E-state index >= 15 is 0 Å². The van der Waals surface area contributed by atoms with Gasteiger partial charge in [-0.15, -0.1) is 0 Å². The number of unbranched alkanes of at least 4 members (excludes halogenated alkanes) is 1. The number of methoxy groups -OCH3 is 2. The highest BCUT2D eigenvalue weighted by Crippen LogP contribution is 2.33. The summed E-state index contributed by atoms with van der Waals surface area (Å²) in [5, 5.41) is 2.86. The van der Waals surface area contributed by atoms with E-state index in [9.17, 15) is 13.2 Å². The highest BCUT2D eigenvalue weighted by molar-refractivity contribution is 7.92. The first-order valence-electron chi connectivity index (χ1n) is 9.23. The molecule has 154 valence electrons. The lowest BCUT2D eigenvalue weighted by molar-refractivity contribution is -0.119. The van der Waals surface area contributed by atoms with Crippen molar-refractivity contribution < 1.29 is 22.7 Å². The molecule has 0 aliphatic rings. The van der Waals surface area contributed by atoms with Crippen molar-refractivity contribution in [2.24, 2.45) is 5.92 Å². The lowest BCUT2D eigenvalue weighted by atomic mass is 9.99. The van der Waals surface area contributed by atoms with Crippen molar-refractivity contribution in [3.63, 3.8) is 0 Å². The van der Waals surface area contributed by atoms with Crippen molar-refractivity contribution in [1.29, 1.82) is 0 Å². The van der Waals surface area contributed by atoms with Gasteiger partial charge in [0, 0.05) is 12.6 Å². The van der Waals surface area contributed by atoms with Crippen LogP contribution in [0, 0.1) is 5.92 Å². The first-order chi connectivity index (χ1) is 12.8. The van der Waals surface area contributed by atoms with Crippen molar-refractivity contribution in [2.45, 2.75) is 39.5 Å². The average Bonchev–Trinajstić information content (AvgIpc) is 2.64. The average molecular weight is 401 g/mol.